The second kappa shape index (κ2) is 9.38. The quantitative estimate of drug-likeness (QED) is 0.198. The number of nitrogens with zero attached hydrogens (tertiary/aromatic N) is 5. The molecule has 0 bridgehead atoms. The Kier molecular flexibility index (Phi) is 6.55. The number of benzene rings is 2. The van der Waals surface area contributed by atoms with E-state index in [1.807, 2.05) is 18.0 Å². The Labute approximate surface area is 220 Å². The molecule has 1 aliphatic rings. The smallest absolute Gasteiger partial charge is 0.310 e. The van der Waals surface area contributed by atoms with Crippen molar-refractivity contribution < 1.29 is 33.3 Å². The molecule has 0 aliphatic carbocycles. The molecule has 4 aromatic rings. The van der Waals surface area contributed by atoms with Crippen molar-refractivity contribution in [3.63, 3.8) is 0 Å². The summed E-state index contributed by atoms with van der Waals surface area (Å²) < 4.78 is 91.4. The maximum Gasteiger partial charge on any atom is 0.310 e. The summed E-state index contributed by atoms with van der Waals surface area (Å²) in [4.78, 5) is 13.1. The predicted molar refractivity (Wildman–Crippen MR) is 134 cm³/mol. The van der Waals surface area contributed by atoms with Crippen LogP contribution in [-0.2, 0) is 22.6 Å². The van der Waals surface area contributed by atoms with Crippen molar-refractivity contribution in [1.29, 1.82) is 0 Å². The summed E-state index contributed by atoms with van der Waals surface area (Å²) in [6.07, 6.45) is 3.70. The van der Waals surface area contributed by atoms with Crippen LogP contribution in [0.15, 0.2) is 66.1 Å². The Bertz CT molecular complexity index is 1480. The monoisotopic (exact) mass is 573 g/mol. The number of halogens is 6. The van der Waals surface area contributed by atoms with Gasteiger partial charge < -0.3 is 14.4 Å². The summed E-state index contributed by atoms with van der Waals surface area (Å²) in [7, 11) is -7.87. The third-order valence-electron chi connectivity index (χ3n) is 6.35. The van der Waals surface area contributed by atoms with Crippen LogP contribution in [0.5, 0.6) is 0 Å². The first-order valence-corrected chi connectivity index (χ1v) is 13.9. The highest BCUT2D eigenvalue weighted by Gasteiger charge is 2.65. The van der Waals surface area contributed by atoms with Gasteiger partial charge >= 0.3 is 10.2 Å². The molecule has 7 nitrogen and oxygen atoms in total. The van der Waals surface area contributed by atoms with E-state index in [0.717, 1.165) is 17.7 Å². The van der Waals surface area contributed by atoms with Crippen molar-refractivity contribution in [2.24, 2.45) is 0 Å². The molecule has 0 amide bonds. The van der Waals surface area contributed by atoms with Gasteiger partial charge in [0.25, 0.3) is 0 Å². The SMILES string of the molecule is CN(Cc1cccc(F)c1)c1ncnc2c1ncn2C1CC[C@@H](COCc2ccc(S(F)(F)(F)(F)F)cc2)O1. The minimum Gasteiger partial charge on any atom is -0.374 e. The lowest BCUT2D eigenvalue weighted by molar-refractivity contribution is -0.0433. The summed E-state index contributed by atoms with van der Waals surface area (Å²) in [6.45, 7) is 0.537. The molecule has 5 rings (SSSR count). The molecule has 0 radical (unpaired) electrons. The first kappa shape index (κ1) is 27.2. The number of hydrogen-bond acceptors (Lipinski definition) is 6. The molecule has 39 heavy (non-hydrogen) atoms. The molecule has 14 heteroatoms. The number of fused-ring (bicyclic) bond motifs is 1. The van der Waals surface area contributed by atoms with E-state index < -0.39 is 15.1 Å². The highest BCUT2D eigenvalue weighted by Crippen LogP contribution is 3.02. The zero-order valence-electron chi connectivity index (χ0n) is 20.7. The Hall–Kier alpha value is -3.36. The summed E-state index contributed by atoms with van der Waals surface area (Å²) in [6, 6.07) is 9.01. The summed E-state index contributed by atoms with van der Waals surface area (Å²) in [5.74, 6) is 0.261. The molecule has 1 aliphatic heterocycles. The van der Waals surface area contributed by atoms with Gasteiger partial charge in [-0.3, -0.25) is 4.57 Å². The van der Waals surface area contributed by atoms with Gasteiger partial charge in [0.05, 0.1) is 25.6 Å². The average Bonchev–Trinajstić information content (AvgIpc) is 3.50. The van der Waals surface area contributed by atoms with E-state index in [0.29, 0.717) is 54.1 Å². The van der Waals surface area contributed by atoms with Crippen molar-refractivity contribution in [1.82, 2.24) is 19.5 Å². The van der Waals surface area contributed by atoms with Crippen LogP contribution in [0.3, 0.4) is 0 Å². The number of anilines is 1. The van der Waals surface area contributed by atoms with E-state index in [-0.39, 0.29) is 31.4 Å². The largest absolute Gasteiger partial charge is 0.374 e. The molecule has 0 spiro atoms. The van der Waals surface area contributed by atoms with Gasteiger partial charge in [0.15, 0.2) is 17.0 Å². The van der Waals surface area contributed by atoms with Crippen LogP contribution in [-0.4, -0.2) is 39.3 Å². The molecule has 1 unspecified atom stereocenters. The molecule has 3 heterocycles. The van der Waals surface area contributed by atoms with Gasteiger partial charge in [0.1, 0.15) is 23.3 Å². The second-order valence-corrected chi connectivity index (χ2v) is 11.8. The molecule has 2 aromatic carbocycles. The lowest BCUT2D eigenvalue weighted by atomic mass is 10.2. The first-order chi connectivity index (χ1) is 18.3. The molecule has 1 fully saturated rings. The molecule has 0 N–H and O–H groups in total. The van der Waals surface area contributed by atoms with Crippen molar-refractivity contribution in [3.05, 3.63) is 78.1 Å². The highest BCUT2D eigenvalue weighted by molar-refractivity contribution is 8.45. The Morgan fingerprint density at radius 2 is 1.77 bits per heavy atom. The molecule has 2 atom stereocenters. The topological polar surface area (TPSA) is 65.3 Å². The van der Waals surface area contributed by atoms with E-state index in [2.05, 4.69) is 15.0 Å². The van der Waals surface area contributed by atoms with Crippen LogP contribution >= 0.6 is 10.2 Å². The van der Waals surface area contributed by atoms with Crippen molar-refractivity contribution in [2.45, 2.75) is 43.2 Å². The van der Waals surface area contributed by atoms with Gasteiger partial charge in [-0.2, -0.15) is 0 Å². The van der Waals surface area contributed by atoms with E-state index >= 15 is 0 Å². The average molecular weight is 574 g/mol. The van der Waals surface area contributed by atoms with E-state index in [1.54, 1.807) is 17.0 Å². The summed E-state index contributed by atoms with van der Waals surface area (Å²) >= 11 is 0. The number of aromatic nitrogens is 4. The van der Waals surface area contributed by atoms with E-state index in [4.69, 9.17) is 9.47 Å². The zero-order chi connectivity index (χ0) is 27.9. The van der Waals surface area contributed by atoms with Gasteiger partial charge in [0.2, 0.25) is 0 Å². The van der Waals surface area contributed by atoms with Crippen molar-refractivity contribution in [2.75, 3.05) is 18.6 Å². The minimum absolute atomic E-state index is 0.0483. The van der Waals surface area contributed by atoms with Gasteiger partial charge in [-0.25, -0.2) is 19.3 Å². The van der Waals surface area contributed by atoms with E-state index in [9.17, 15) is 23.8 Å². The first-order valence-electron chi connectivity index (χ1n) is 12.0. The fourth-order valence-electron chi connectivity index (χ4n) is 4.48. The van der Waals surface area contributed by atoms with E-state index in [1.165, 1.54) is 18.5 Å². The van der Waals surface area contributed by atoms with Crippen LogP contribution in [0.25, 0.3) is 11.2 Å². The lowest BCUT2D eigenvalue weighted by Gasteiger charge is -2.40. The van der Waals surface area contributed by atoms with Crippen LogP contribution in [0, 0.1) is 5.82 Å². The van der Waals surface area contributed by atoms with Crippen LogP contribution in [0.2, 0.25) is 0 Å². The third kappa shape index (κ3) is 6.28. The Morgan fingerprint density at radius 3 is 2.49 bits per heavy atom. The summed E-state index contributed by atoms with van der Waals surface area (Å²) in [5.41, 5.74) is 2.25. The van der Waals surface area contributed by atoms with Crippen molar-refractivity contribution in [3.8, 4) is 0 Å². The normalized spacial score (nSPS) is 19.7. The van der Waals surface area contributed by atoms with Gasteiger partial charge in [0, 0.05) is 13.6 Å². The van der Waals surface area contributed by atoms with Gasteiger partial charge in [-0.05, 0) is 48.2 Å². The highest BCUT2D eigenvalue weighted by atomic mass is 32.5. The fourth-order valence-corrected chi connectivity index (χ4v) is 5.13. The maximum absolute atomic E-state index is 13.6. The fraction of sp³-hybridized carbons (Fsp3) is 0.320. The molecule has 0 saturated carbocycles. The number of imidazole rings is 1. The van der Waals surface area contributed by atoms with Crippen LogP contribution in [0.1, 0.15) is 30.2 Å². The third-order valence-corrected chi connectivity index (χ3v) is 7.51. The number of ether oxygens (including phenoxy) is 2. The van der Waals surface area contributed by atoms with Crippen molar-refractivity contribution >= 4 is 27.2 Å². The molecular weight excluding hydrogens is 548 g/mol. The number of rotatable bonds is 9. The molecule has 1 saturated heterocycles. The summed E-state index contributed by atoms with van der Waals surface area (Å²) in [5, 5.41) is 0. The maximum atomic E-state index is 13.6. The predicted octanol–water partition coefficient (Wildman–Crippen LogP) is 7.15. The zero-order valence-corrected chi connectivity index (χ0v) is 21.5. The van der Waals surface area contributed by atoms with Gasteiger partial charge in [-0.15, -0.1) is 0 Å². The molecule has 2 aromatic heterocycles. The molecule has 210 valence electrons. The van der Waals surface area contributed by atoms with Crippen LogP contribution < -0.4 is 4.90 Å². The van der Waals surface area contributed by atoms with Gasteiger partial charge in [-0.1, -0.05) is 43.7 Å². The number of hydrogen-bond donors (Lipinski definition) is 0. The van der Waals surface area contributed by atoms with Crippen LogP contribution in [0.4, 0.5) is 29.6 Å². The Morgan fingerprint density at radius 1 is 1.00 bits per heavy atom. The second-order valence-electron chi connectivity index (χ2n) is 9.43. The lowest BCUT2D eigenvalue weighted by Crippen LogP contribution is -2.19. The molecular formula is C25H25F6N5O2S. The minimum atomic E-state index is -9.70. The Balaban J connectivity index is 1.19. The standard InChI is InChI=1S/C25H25F6N5O2S/c1-35(12-18-3-2-4-19(26)11-18)24-23-25(33-15-32-24)36(16-34-23)22-10-7-20(38-22)14-37-13-17-5-8-21(9-6-17)39(27,28,29,30)31/h2-6,8-9,11,15-16,20,22H,7,10,12-14H2,1H3/t20-,22?/m0/s1.